The number of nitrogens with one attached hydrogen (secondary N) is 2. The maximum absolute atomic E-state index is 14.9. The first-order valence-electron chi connectivity index (χ1n) is 7.71. The third-order valence-corrected chi connectivity index (χ3v) is 4.73. The third-order valence-electron chi connectivity index (χ3n) is 3.60. The highest BCUT2D eigenvalue weighted by atomic mass is 79.9. The number of nitrogens with zero attached hydrogens (tertiary/aromatic N) is 2. The summed E-state index contributed by atoms with van der Waals surface area (Å²) in [5, 5.41) is 11.9. The van der Waals surface area contributed by atoms with Crippen LogP contribution in [0.25, 0.3) is 0 Å². The number of H-pyrrole nitrogens is 1. The molecule has 3 rings (SSSR count). The molecular formula is C18H10BrCl2FN4O2. The fourth-order valence-electron chi connectivity index (χ4n) is 2.30. The Morgan fingerprint density at radius 3 is 2.82 bits per heavy atom. The number of hydrogen-bond donors (Lipinski definition) is 2. The minimum absolute atomic E-state index is 0.0126. The van der Waals surface area contributed by atoms with Crippen LogP contribution in [-0.4, -0.2) is 15.9 Å². The molecule has 0 radical (unpaired) electrons. The van der Waals surface area contributed by atoms with Gasteiger partial charge < -0.3 is 15.0 Å². The van der Waals surface area contributed by atoms with Crippen LogP contribution in [0.15, 0.2) is 41.1 Å². The van der Waals surface area contributed by atoms with Crippen molar-refractivity contribution in [3.63, 3.8) is 0 Å². The molecule has 1 aromatic heterocycles. The Hall–Kier alpha value is -2.60. The second kappa shape index (κ2) is 8.61. The van der Waals surface area contributed by atoms with E-state index in [2.05, 4.69) is 31.2 Å². The number of benzene rings is 2. The van der Waals surface area contributed by atoms with Crippen molar-refractivity contribution >= 4 is 45.0 Å². The molecule has 2 aromatic carbocycles. The summed E-state index contributed by atoms with van der Waals surface area (Å²) in [6.07, 6.45) is 1.28. The van der Waals surface area contributed by atoms with Gasteiger partial charge in [0.1, 0.15) is 10.9 Å². The number of hydrogen-bond acceptors (Lipinski definition) is 4. The van der Waals surface area contributed by atoms with E-state index < -0.39 is 11.7 Å². The number of rotatable bonds is 5. The number of amides is 1. The first kappa shape index (κ1) is 20.1. The summed E-state index contributed by atoms with van der Waals surface area (Å²) < 4.78 is 20.9. The van der Waals surface area contributed by atoms with Gasteiger partial charge in [-0.25, -0.2) is 9.37 Å². The monoisotopic (exact) mass is 482 g/mol. The van der Waals surface area contributed by atoms with Gasteiger partial charge in [-0.05, 0) is 40.2 Å². The van der Waals surface area contributed by atoms with E-state index in [4.69, 9.17) is 33.2 Å². The average Bonchev–Trinajstić information content (AvgIpc) is 3.09. The summed E-state index contributed by atoms with van der Waals surface area (Å²) in [4.78, 5) is 18.5. The van der Waals surface area contributed by atoms with Crippen LogP contribution in [0.5, 0.6) is 11.5 Å². The fraction of sp³-hybridized carbons (Fsp3) is 0.0556. The van der Waals surface area contributed by atoms with Crippen LogP contribution in [0.3, 0.4) is 0 Å². The van der Waals surface area contributed by atoms with Crippen molar-refractivity contribution in [2.45, 2.75) is 6.54 Å². The Morgan fingerprint density at radius 1 is 1.36 bits per heavy atom. The Labute approximate surface area is 177 Å². The number of imidazole rings is 1. The summed E-state index contributed by atoms with van der Waals surface area (Å²) in [6, 6.07) is 9.39. The van der Waals surface area contributed by atoms with Gasteiger partial charge in [-0.1, -0.05) is 29.3 Å². The van der Waals surface area contributed by atoms with Gasteiger partial charge in [-0.2, -0.15) is 5.26 Å². The van der Waals surface area contributed by atoms with Crippen LogP contribution in [-0.2, 0) is 6.54 Å². The molecule has 28 heavy (non-hydrogen) atoms. The highest BCUT2D eigenvalue weighted by Crippen LogP contribution is 2.35. The molecule has 0 saturated carbocycles. The molecule has 1 heterocycles. The number of nitriles is 1. The van der Waals surface area contributed by atoms with Crippen LogP contribution < -0.4 is 10.1 Å². The molecule has 142 valence electrons. The lowest BCUT2D eigenvalue weighted by Gasteiger charge is -2.13. The zero-order valence-electron chi connectivity index (χ0n) is 13.9. The quantitative estimate of drug-likeness (QED) is 0.521. The van der Waals surface area contributed by atoms with Crippen molar-refractivity contribution in [3.05, 3.63) is 73.9 Å². The van der Waals surface area contributed by atoms with Crippen LogP contribution in [0, 0.1) is 17.1 Å². The highest BCUT2D eigenvalue weighted by Gasteiger charge is 2.18. The molecule has 0 aliphatic heterocycles. The maximum Gasteiger partial charge on any atom is 0.273 e. The molecule has 0 bridgehead atoms. The summed E-state index contributed by atoms with van der Waals surface area (Å²) in [7, 11) is 0. The maximum atomic E-state index is 14.9. The van der Waals surface area contributed by atoms with Gasteiger partial charge >= 0.3 is 0 Å². The Kier molecular flexibility index (Phi) is 6.19. The molecule has 0 aliphatic rings. The van der Waals surface area contributed by atoms with Crippen molar-refractivity contribution in [1.82, 2.24) is 15.3 Å². The van der Waals surface area contributed by atoms with Crippen molar-refractivity contribution < 1.29 is 13.9 Å². The molecule has 0 unspecified atom stereocenters. The smallest absolute Gasteiger partial charge is 0.273 e. The molecule has 0 fully saturated rings. The van der Waals surface area contributed by atoms with E-state index in [1.54, 1.807) is 6.07 Å². The Bertz CT molecular complexity index is 1100. The van der Waals surface area contributed by atoms with Gasteiger partial charge in [0.15, 0.2) is 17.3 Å². The number of halogens is 4. The normalized spacial score (nSPS) is 10.4. The minimum atomic E-state index is -0.679. The fourth-order valence-corrected chi connectivity index (χ4v) is 3.10. The Morgan fingerprint density at radius 2 is 2.14 bits per heavy atom. The standard InChI is InChI=1S/C18H10BrCl2FN4O2/c19-13-2-1-10(7-24-18(27)15-17(21)26-8-25-15)14(22)16(13)28-12-4-9(6-23)3-11(20)5-12/h1-5,8H,7H2,(H,24,27)(H,25,26). The molecule has 0 saturated heterocycles. The van der Waals surface area contributed by atoms with Crippen molar-refractivity contribution in [3.8, 4) is 17.6 Å². The van der Waals surface area contributed by atoms with E-state index in [1.165, 1.54) is 30.6 Å². The zero-order valence-corrected chi connectivity index (χ0v) is 17.0. The number of ether oxygens (including phenoxy) is 1. The second-order valence-corrected chi connectivity index (χ2v) is 7.16. The van der Waals surface area contributed by atoms with E-state index in [1.807, 2.05) is 6.07 Å². The first-order chi connectivity index (χ1) is 13.4. The Balaban J connectivity index is 1.82. The van der Waals surface area contributed by atoms with Gasteiger partial charge in [-0.3, -0.25) is 4.79 Å². The molecule has 0 spiro atoms. The summed E-state index contributed by atoms with van der Waals surface area (Å²) >= 11 is 15.0. The van der Waals surface area contributed by atoms with Crippen molar-refractivity contribution in [2.24, 2.45) is 0 Å². The molecule has 6 nitrogen and oxygen atoms in total. The van der Waals surface area contributed by atoms with E-state index in [0.717, 1.165) is 0 Å². The lowest BCUT2D eigenvalue weighted by Crippen LogP contribution is -2.24. The van der Waals surface area contributed by atoms with Gasteiger partial charge in [0, 0.05) is 17.1 Å². The van der Waals surface area contributed by atoms with Crippen LogP contribution in [0.1, 0.15) is 21.6 Å². The zero-order chi connectivity index (χ0) is 20.3. The number of carbonyl (C=O) groups excluding carboxylic acids is 1. The molecule has 0 atom stereocenters. The van der Waals surface area contributed by atoms with E-state index in [-0.39, 0.29) is 45.0 Å². The van der Waals surface area contributed by atoms with Gasteiger partial charge in [-0.15, -0.1) is 0 Å². The molecule has 2 N–H and O–H groups in total. The van der Waals surface area contributed by atoms with Crippen LogP contribution in [0.2, 0.25) is 10.2 Å². The van der Waals surface area contributed by atoms with E-state index in [9.17, 15) is 9.18 Å². The van der Waals surface area contributed by atoms with Crippen molar-refractivity contribution in [1.29, 1.82) is 5.26 Å². The molecule has 0 aliphatic carbocycles. The first-order valence-corrected chi connectivity index (χ1v) is 9.26. The van der Waals surface area contributed by atoms with Crippen molar-refractivity contribution in [2.75, 3.05) is 0 Å². The van der Waals surface area contributed by atoms with Gasteiger partial charge in [0.2, 0.25) is 0 Å². The van der Waals surface area contributed by atoms with Crippen LogP contribution >= 0.6 is 39.1 Å². The predicted molar refractivity (Wildman–Crippen MR) is 105 cm³/mol. The second-order valence-electron chi connectivity index (χ2n) is 5.49. The lowest BCUT2D eigenvalue weighted by atomic mass is 10.2. The minimum Gasteiger partial charge on any atom is -0.453 e. The summed E-state index contributed by atoms with van der Waals surface area (Å²) in [5.41, 5.74) is 0.470. The lowest BCUT2D eigenvalue weighted by molar-refractivity contribution is 0.0946. The third kappa shape index (κ3) is 4.44. The number of carbonyl (C=O) groups is 1. The molecule has 1 amide bonds. The largest absolute Gasteiger partial charge is 0.453 e. The summed E-state index contributed by atoms with van der Waals surface area (Å²) in [6.45, 7) is -0.115. The molecule has 10 heteroatoms. The summed E-state index contributed by atoms with van der Waals surface area (Å²) in [5.74, 6) is -1.13. The topological polar surface area (TPSA) is 90.8 Å². The van der Waals surface area contributed by atoms with E-state index in [0.29, 0.717) is 4.47 Å². The molecule has 3 aromatic rings. The van der Waals surface area contributed by atoms with Crippen LogP contribution in [0.4, 0.5) is 4.39 Å². The van der Waals surface area contributed by atoms with E-state index >= 15 is 0 Å². The molecular weight excluding hydrogens is 474 g/mol. The predicted octanol–water partition coefficient (Wildman–Crippen LogP) is 5.21. The highest BCUT2D eigenvalue weighted by molar-refractivity contribution is 9.10. The average molecular weight is 484 g/mol. The van der Waals surface area contributed by atoms with Gasteiger partial charge in [0.05, 0.1) is 22.4 Å². The number of aromatic amines is 1. The SMILES string of the molecule is N#Cc1cc(Cl)cc(Oc2c(Br)ccc(CNC(=O)c3nc[nH]c3Cl)c2F)c1. The van der Waals surface area contributed by atoms with Gasteiger partial charge in [0.25, 0.3) is 5.91 Å². The number of aromatic nitrogens is 2.